The van der Waals surface area contributed by atoms with Crippen molar-refractivity contribution in [3.8, 4) is 0 Å². The van der Waals surface area contributed by atoms with Crippen LogP contribution in [0.15, 0.2) is 12.1 Å². The minimum absolute atomic E-state index is 0.0473. The molecule has 6 nitrogen and oxygen atoms in total. The summed E-state index contributed by atoms with van der Waals surface area (Å²) in [6, 6.07) is 2.27. The van der Waals surface area contributed by atoms with Gasteiger partial charge in [-0.3, -0.25) is 14.9 Å². The van der Waals surface area contributed by atoms with E-state index in [2.05, 4.69) is 10.6 Å². The van der Waals surface area contributed by atoms with Gasteiger partial charge in [0, 0.05) is 19.5 Å². The molecule has 0 aromatic heterocycles. The van der Waals surface area contributed by atoms with Crippen LogP contribution in [0.5, 0.6) is 0 Å². The number of carbonyl (C=O) groups is 3. The van der Waals surface area contributed by atoms with E-state index in [0.29, 0.717) is 31.5 Å². The molecule has 2 aliphatic heterocycles. The molecule has 2 aliphatic rings. The van der Waals surface area contributed by atoms with E-state index in [1.54, 1.807) is 17.9 Å². The molecule has 24 heavy (non-hydrogen) atoms. The van der Waals surface area contributed by atoms with Crippen LogP contribution < -0.4 is 10.6 Å². The van der Waals surface area contributed by atoms with Crippen molar-refractivity contribution >= 4 is 17.8 Å². The zero-order chi connectivity index (χ0) is 17.3. The number of carbonyl (C=O) groups excluding carboxylic acids is 3. The summed E-state index contributed by atoms with van der Waals surface area (Å²) in [6.45, 7) is 2.86. The molecule has 0 bridgehead atoms. The fraction of sp³-hybridized carbons (Fsp3) is 0.471. The first-order chi connectivity index (χ1) is 11.4. The molecular formula is C17H20FN3O3. The fourth-order valence-corrected chi connectivity index (χ4v) is 3.21. The second kappa shape index (κ2) is 6.59. The van der Waals surface area contributed by atoms with Crippen LogP contribution >= 0.6 is 0 Å². The van der Waals surface area contributed by atoms with Gasteiger partial charge >= 0.3 is 6.03 Å². The van der Waals surface area contributed by atoms with Crippen LogP contribution in [0.4, 0.5) is 9.18 Å². The number of urea groups is 1. The first kappa shape index (κ1) is 16.4. The number of amides is 4. The highest BCUT2D eigenvalue weighted by atomic mass is 19.1. The lowest BCUT2D eigenvalue weighted by molar-refractivity contribution is -0.131. The average Bonchev–Trinajstić information content (AvgIpc) is 2.73. The molecule has 1 unspecified atom stereocenters. The van der Waals surface area contributed by atoms with Gasteiger partial charge in [-0.25, -0.2) is 9.18 Å². The van der Waals surface area contributed by atoms with Crippen LogP contribution in [0.1, 0.15) is 29.5 Å². The number of nitrogens with zero attached hydrogens (tertiary/aromatic N) is 1. The van der Waals surface area contributed by atoms with E-state index >= 15 is 0 Å². The van der Waals surface area contributed by atoms with Crippen molar-refractivity contribution in [2.75, 3.05) is 13.1 Å². The maximum Gasteiger partial charge on any atom is 0.322 e. The van der Waals surface area contributed by atoms with E-state index < -0.39 is 12.1 Å². The Kier molecular flexibility index (Phi) is 4.51. The number of aryl methyl sites for hydroxylation is 1. The maximum atomic E-state index is 13.7. The number of benzene rings is 1. The third-order valence-electron chi connectivity index (χ3n) is 4.64. The van der Waals surface area contributed by atoms with Crippen LogP contribution in [0.2, 0.25) is 0 Å². The average molecular weight is 333 g/mol. The highest BCUT2D eigenvalue weighted by Crippen LogP contribution is 2.20. The van der Waals surface area contributed by atoms with E-state index in [9.17, 15) is 18.8 Å². The van der Waals surface area contributed by atoms with Crippen molar-refractivity contribution < 1.29 is 18.8 Å². The van der Waals surface area contributed by atoms with Gasteiger partial charge in [0.1, 0.15) is 11.9 Å². The van der Waals surface area contributed by atoms with Crippen LogP contribution in [-0.4, -0.2) is 41.9 Å². The minimum atomic E-state index is -0.637. The van der Waals surface area contributed by atoms with E-state index in [1.165, 1.54) is 0 Å². The second-order valence-electron chi connectivity index (χ2n) is 6.30. The number of imide groups is 1. The van der Waals surface area contributed by atoms with E-state index in [4.69, 9.17) is 0 Å². The van der Waals surface area contributed by atoms with Crippen molar-refractivity contribution in [2.45, 2.75) is 38.6 Å². The normalized spacial score (nSPS) is 20.2. The lowest BCUT2D eigenvalue weighted by Gasteiger charge is -2.20. The van der Waals surface area contributed by atoms with Crippen LogP contribution in [0.3, 0.4) is 0 Å². The van der Waals surface area contributed by atoms with Gasteiger partial charge in [0.15, 0.2) is 0 Å². The van der Waals surface area contributed by atoms with Crippen molar-refractivity contribution in [2.24, 2.45) is 0 Å². The fourth-order valence-electron chi connectivity index (χ4n) is 3.21. The summed E-state index contributed by atoms with van der Waals surface area (Å²) >= 11 is 0. The molecule has 4 amide bonds. The smallest absolute Gasteiger partial charge is 0.322 e. The summed E-state index contributed by atoms with van der Waals surface area (Å²) in [5.41, 5.74) is 2.67. The van der Waals surface area contributed by atoms with Crippen LogP contribution in [0, 0.1) is 12.7 Å². The molecule has 1 saturated heterocycles. The number of halogens is 1. The van der Waals surface area contributed by atoms with Gasteiger partial charge in [-0.1, -0.05) is 6.07 Å². The molecule has 0 aliphatic carbocycles. The maximum absolute atomic E-state index is 13.7. The number of nitrogens with one attached hydrogen (secondary N) is 2. The molecule has 2 N–H and O–H groups in total. The van der Waals surface area contributed by atoms with Crippen molar-refractivity contribution in [3.63, 3.8) is 0 Å². The second-order valence-corrected chi connectivity index (χ2v) is 6.30. The number of rotatable bonds is 3. The van der Waals surface area contributed by atoms with Gasteiger partial charge in [-0.15, -0.1) is 0 Å². The van der Waals surface area contributed by atoms with Gasteiger partial charge in [0.05, 0.1) is 0 Å². The molecular weight excluding hydrogens is 313 g/mol. The molecule has 1 aromatic rings. The molecule has 7 heteroatoms. The number of fused-ring (bicyclic) bond motifs is 1. The van der Waals surface area contributed by atoms with Gasteiger partial charge in [-0.05, 0) is 48.9 Å². The predicted molar refractivity (Wildman–Crippen MR) is 84.8 cm³/mol. The Morgan fingerprint density at radius 1 is 1.25 bits per heavy atom. The summed E-state index contributed by atoms with van der Waals surface area (Å²) in [7, 11) is 0. The van der Waals surface area contributed by atoms with Gasteiger partial charge in [0.25, 0.3) is 5.91 Å². The summed E-state index contributed by atoms with van der Waals surface area (Å²) in [5, 5.41) is 4.64. The molecule has 3 rings (SSSR count). The molecule has 0 spiro atoms. The minimum Gasteiger partial charge on any atom is -0.342 e. The Labute approximate surface area is 139 Å². The standard InChI is InChI=1S/C17H20FN3O3/c1-10-8-11-4-6-21(7-5-12(11)9-13(10)18)15(22)3-2-14-16(23)20-17(24)19-14/h8-9,14H,2-7H2,1H3,(H2,19,20,23,24). The molecule has 1 fully saturated rings. The lowest BCUT2D eigenvalue weighted by atomic mass is 10.0. The Hall–Kier alpha value is -2.44. The molecule has 1 aromatic carbocycles. The van der Waals surface area contributed by atoms with Gasteiger partial charge in [0.2, 0.25) is 5.91 Å². The topological polar surface area (TPSA) is 78.5 Å². The van der Waals surface area contributed by atoms with Crippen LogP contribution in [-0.2, 0) is 22.4 Å². The third kappa shape index (κ3) is 3.39. The van der Waals surface area contributed by atoms with Crippen LogP contribution in [0.25, 0.3) is 0 Å². The summed E-state index contributed by atoms with van der Waals surface area (Å²) in [6.07, 6.45) is 1.80. The zero-order valence-electron chi connectivity index (χ0n) is 13.5. The first-order valence-electron chi connectivity index (χ1n) is 8.11. The Morgan fingerprint density at radius 2 is 1.92 bits per heavy atom. The van der Waals surface area contributed by atoms with E-state index in [0.717, 1.165) is 11.1 Å². The monoisotopic (exact) mass is 333 g/mol. The summed E-state index contributed by atoms with van der Waals surface area (Å²) < 4.78 is 13.7. The highest BCUT2D eigenvalue weighted by Gasteiger charge is 2.30. The van der Waals surface area contributed by atoms with E-state index in [-0.39, 0.29) is 30.5 Å². The molecule has 0 radical (unpaired) electrons. The third-order valence-corrected chi connectivity index (χ3v) is 4.64. The summed E-state index contributed by atoms with van der Waals surface area (Å²) in [4.78, 5) is 36.7. The van der Waals surface area contributed by atoms with Gasteiger partial charge < -0.3 is 10.2 Å². The quantitative estimate of drug-likeness (QED) is 0.812. The molecule has 2 heterocycles. The van der Waals surface area contributed by atoms with Crippen molar-refractivity contribution in [1.29, 1.82) is 0 Å². The van der Waals surface area contributed by atoms with Crippen molar-refractivity contribution in [3.05, 3.63) is 34.6 Å². The predicted octanol–water partition coefficient (Wildman–Crippen LogP) is 1.05. The summed E-state index contributed by atoms with van der Waals surface area (Å²) in [5.74, 6) is -0.646. The number of hydrogen-bond donors (Lipinski definition) is 2. The SMILES string of the molecule is Cc1cc2c(cc1F)CCN(C(=O)CCC1NC(=O)NC1=O)CC2. The Balaban J connectivity index is 1.57. The zero-order valence-corrected chi connectivity index (χ0v) is 13.5. The number of hydrogen-bond acceptors (Lipinski definition) is 3. The Bertz CT molecular complexity index is 672. The van der Waals surface area contributed by atoms with Crippen molar-refractivity contribution in [1.82, 2.24) is 15.5 Å². The molecule has 128 valence electrons. The Morgan fingerprint density at radius 3 is 2.54 bits per heavy atom. The molecule has 0 saturated carbocycles. The molecule has 1 atom stereocenters. The first-order valence-corrected chi connectivity index (χ1v) is 8.11. The van der Waals surface area contributed by atoms with Gasteiger partial charge in [-0.2, -0.15) is 0 Å². The highest BCUT2D eigenvalue weighted by molar-refractivity contribution is 6.04. The largest absolute Gasteiger partial charge is 0.342 e. The lowest BCUT2D eigenvalue weighted by Crippen LogP contribution is -2.36. The van der Waals surface area contributed by atoms with E-state index in [1.807, 2.05) is 6.07 Å².